The maximum atomic E-state index is 10.0. The van der Waals surface area contributed by atoms with Gasteiger partial charge in [0.05, 0.1) is 6.54 Å². The van der Waals surface area contributed by atoms with Crippen LogP contribution >= 0.6 is 12.4 Å². The van der Waals surface area contributed by atoms with Gasteiger partial charge in [0.2, 0.25) is 0 Å². The van der Waals surface area contributed by atoms with Crippen molar-refractivity contribution < 1.29 is 9.90 Å². The van der Waals surface area contributed by atoms with E-state index in [1.54, 1.807) is 0 Å². The van der Waals surface area contributed by atoms with Gasteiger partial charge in [-0.15, -0.1) is 12.4 Å². The fraction of sp³-hybridized carbons (Fsp3) is 0.857. The van der Waals surface area contributed by atoms with E-state index >= 15 is 0 Å². The number of carboxylic acids is 1. The predicted octanol–water partition coefficient (Wildman–Crippen LogP) is 0.882. The van der Waals surface area contributed by atoms with Crippen molar-refractivity contribution in [2.45, 2.75) is 19.8 Å². The minimum atomic E-state index is -0.774. The molecule has 66 valence electrons. The van der Waals surface area contributed by atoms with Crippen LogP contribution in [0, 0.1) is 5.41 Å². The molecule has 0 aromatic heterocycles. The molecular weight excluding hydrogens is 166 g/mol. The summed E-state index contributed by atoms with van der Waals surface area (Å²) in [7, 11) is 0. The van der Waals surface area contributed by atoms with Crippen molar-refractivity contribution in [2.75, 3.05) is 13.1 Å². The van der Waals surface area contributed by atoms with Gasteiger partial charge in [-0.1, -0.05) is 6.92 Å². The summed E-state index contributed by atoms with van der Waals surface area (Å²) in [6, 6.07) is 0. The molecule has 0 aliphatic heterocycles. The SMILES string of the molecule is CC1(CNCC(=O)O)CC1.Cl. The Hall–Kier alpha value is -0.280. The van der Waals surface area contributed by atoms with Crippen molar-refractivity contribution in [3.63, 3.8) is 0 Å². The molecule has 0 bridgehead atoms. The molecule has 0 atom stereocenters. The van der Waals surface area contributed by atoms with Crippen LogP contribution in [0.5, 0.6) is 0 Å². The average Bonchev–Trinajstić information content (AvgIpc) is 2.47. The molecule has 0 unspecified atom stereocenters. The highest BCUT2D eigenvalue weighted by Crippen LogP contribution is 2.43. The van der Waals surface area contributed by atoms with Gasteiger partial charge in [-0.2, -0.15) is 0 Å². The maximum absolute atomic E-state index is 10.0. The molecule has 0 aromatic rings. The number of hydrogen-bond acceptors (Lipinski definition) is 2. The summed E-state index contributed by atoms with van der Waals surface area (Å²) >= 11 is 0. The van der Waals surface area contributed by atoms with Gasteiger partial charge in [0.25, 0.3) is 0 Å². The summed E-state index contributed by atoms with van der Waals surface area (Å²) in [5.41, 5.74) is 0.412. The van der Waals surface area contributed by atoms with Gasteiger partial charge in [0.15, 0.2) is 0 Å². The molecule has 0 spiro atoms. The molecule has 1 fully saturated rings. The first-order chi connectivity index (χ1) is 4.62. The lowest BCUT2D eigenvalue weighted by molar-refractivity contribution is -0.136. The summed E-state index contributed by atoms with van der Waals surface area (Å²) in [6.07, 6.45) is 2.47. The molecule has 4 heteroatoms. The molecule has 0 saturated heterocycles. The number of aliphatic carboxylic acids is 1. The summed E-state index contributed by atoms with van der Waals surface area (Å²) in [4.78, 5) is 10.0. The van der Waals surface area contributed by atoms with Crippen molar-refractivity contribution in [1.29, 1.82) is 0 Å². The Bertz CT molecular complexity index is 145. The Kier molecular flexibility index (Phi) is 3.83. The average molecular weight is 180 g/mol. The Labute approximate surface area is 72.6 Å². The van der Waals surface area contributed by atoms with Gasteiger partial charge in [0.1, 0.15) is 0 Å². The van der Waals surface area contributed by atoms with Crippen LogP contribution in [-0.4, -0.2) is 24.2 Å². The monoisotopic (exact) mass is 179 g/mol. The van der Waals surface area contributed by atoms with E-state index in [1.807, 2.05) is 0 Å². The molecule has 0 radical (unpaired) electrons. The third-order valence-electron chi connectivity index (χ3n) is 1.93. The fourth-order valence-electron chi connectivity index (χ4n) is 0.861. The quantitative estimate of drug-likeness (QED) is 0.674. The summed E-state index contributed by atoms with van der Waals surface area (Å²) < 4.78 is 0. The molecule has 1 rings (SSSR count). The molecule has 1 saturated carbocycles. The number of carboxylic acid groups (broad SMARTS) is 1. The van der Waals surface area contributed by atoms with Gasteiger partial charge in [-0.05, 0) is 18.3 Å². The summed E-state index contributed by atoms with van der Waals surface area (Å²) in [5, 5.41) is 11.2. The standard InChI is InChI=1S/C7H13NO2.ClH/c1-7(2-3-7)5-8-4-6(9)10;/h8H,2-5H2,1H3,(H,9,10);1H. The third kappa shape index (κ3) is 4.22. The van der Waals surface area contributed by atoms with Crippen molar-refractivity contribution in [2.24, 2.45) is 5.41 Å². The zero-order valence-corrected chi connectivity index (χ0v) is 7.41. The van der Waals surface area contributed by atoms with Gasteiger partial charge in [-0.3, -0.25) is 4.79 Å². The maximum Gasteiger partial charge on any atom is 0.317 e. The fourth-order valence-corrected chi connectivity index (χ4v) is 0.861. The molecule has 1 aliphatic rings. The second-order valence-corrected chi connectivity index (χ2v) is 3.31. The van der Waals surface area contributed by atoms with E-state index in [-0.39, 0.29) is 19.0 Å². The van der Waals surface area contributed by atoms with Crippen molar-refractivity contribution in [3.8, 4) is 0 Å². The van der Waals surface area contributed by atoms with Crippen molar-refractivity contribution in [1.82, 2.24) is 5.32 Å². The first-order valence-corrected chi connectivity index (χ1v) is 3.55. The number of nitrogens with one attached hydrogen (secondary N) is 1. The van der Waals surface area contributed by atoms with E-state index in [4.69, 9.17) is 5.11 Å². The molecule has 0 amide bonds. The molecular formula is C7H14ClNO2. The highest BCUT2D eigenvalue weighted by atomic mass is 35.5. The van der Waals surface area contributed by atoms with Gasteiger partial charge in [0, 0.05) is 6.54 Å². The van der Waals surface area contributed by atoms with Crippen LogP contribution in [0.2, 0.25) is 0 Å². The molecule has 0 heterocycles. The third-order valence-corrected chi connectivity index (χ3v) is 1.93. The smallest absolute Gasteiger partial charge is 0.317 e. The lowest BCUT2D eigenvalue weighted by atomic mass is 10.1. The van der Waals surface area contributed by atoms with Gasteiger partial charge >= 0.3 is 5.97 Å². The van der Waals surface area contributed by atoms with E-state index in [2.05, 4.69) is 12.2 Å². The van der Waals surface area contributed by atoms with Crippen LogP contribution in [0.3, 0.4) is 0 Å². The second kappa shape index (κ2) is 3.93. The molecule has 2 N–H and O–H groups in total. The Morgan fingerprint density at radius 1 is 1.64 bits per heavy atom. The zero-order chi connectivity index (χ0) is 7.61. The first kappa shape index (κ1) is 10.7. The first-order valence-electron chi connectivity index (χ1n) is 3.55. The minimum Gasteiger partial charge on any atom is -0.480 e. The summed E-state index contributed by atoms with van der Waals surface area (Å²) in [6.45, 7) is 3.11. The molecule has 1 aliphatic carbocycles. The van der Waals surface area contributed by atoms with E-state index in [0.29, 0.717) is 5.41 Å². The number of halogens is 1. The van der Waals surface area contributed by atoms with Crippen LogP contribution in [0.25, 0.3) is 0 Å². The van der Waals surface area contributed by atoms with E-state index in [0.717, 1.165) is 6.54 Å². The number of rotatable bonds is 4. The van der Waals surface area contributed by atoms with E-state index in [1.165, 1.54) is 12.8 Å². The van der Waals surface area contributed by atoms with E-state index in [9.17, 15) is 4.79 Å². The summed E-state index contributed by atoms with van der Waals surface area (Å²) in [5.74, 6) is -0.774. The largest absolute Gasteiger partial charge is 0.480 e. The zero-order valence-electron chi connectivity index (χ0n) is 6.59. The number of carbonyl (C=O) groups is 1. The topological polar surface area (TPSA) is 49.3 Å². The highest BCUT2D eigenvalue weighted by Gasteiger charge is 2.36. The Morgan fingerprint density at radius 2 is 2.18 bits per heavy atom. The lowest BCUT2D eigenvalue weighted by Crippen LogP contribution is -2.27. The van der Waals surface area contributed by atoms with Gasteiger partial charge in [-0.25, -0.2) is 0 Å². The van der Waals surface area contributed by atoms with Crippen LogP contribution in [0.4, 0.5) is 0 Å². The minimum absolute atomic E-state index is 0. The van der Waals surface area contributed by atoms with E-state index < -0.39 is 5.97 Å². The lowest BCUT2D eigenvalue weighted by Gasteiger charge is -2.06. The van der Waals surface area contributed by atoms with Crippen molar-refractivity contribution >= 4 is 18.4 Å². The van der Waals surface area contributed by atoms with Gasteiger partial charge < -0.3 is 10.4 Å². The molecule has 3 nitrogen and oxygen atoms in total. The molecule has 11 heavy (non-hydrogen) atoms. The predicted molar refractivity (Wildman–Crippen MR) is 45.1 cm³/mol. The van der Waals surface area contributed by atoms with Crippen LogP contribution in [-0.2, 0) is 4.79 Å². The van der Waals surface area contributed by atoms with Crippen LogP contribution in [0.1, 0.15) is 19.8 Å². The number of hydrogen-bond donors (Lipinski definition) is 2. The van der Waals surface area contributed by atoms with Crippen LogP contribution < -0.4 is 5.32 Å². The molecule has 0 aromatic carbocycles. The van der Waals surface area contributed by atoms with Crippen molar-refractivity contribution in [3.05, 3.63) is 0 Å². The highest BCUT2D eigenvalue weighted by molar-refractivity contribution is 5.85. The normalized spacial score (nSPS) is 18.6. The Balaban J connectivity index is 0.000001000. The second-order valence-electron chi connectivity index (χ2n) is 3.31. The Morgan fingerprint density at radius 3 is 2.55 bits per heavy atom. The van der Waals surface area contributed by atoms with Crippen LogP contribution in [0.15, 0.2) is 0 Å².